The summed E-state index contributed by atoms with van der Waals surface area (Å²) in [6, 6.07) is 9.54. The maximum atomic E-state index is 12.0. The maximum absolute atomic E-state index is 12.0. The first-order chi connectivity index (χ1) is 12.4. The summed E-state index contributed by atoms with van der Waals surface area (Å²) < 4.78 is 10.2. The Kier molecular flexibility index (Phi) is 6.82. The van der Waals surface area contributed by atoms with Gasteiger partial charge in [0.1, 0.15) is 11.5 Å². The lowest BCUT2D eigenvalue weighted by atomic mass is 10.2. The van der Waals surface area contributed by atoms with Crippen molar-refractivity contribution in [3.63, 3.8) is 0 Å². The molecule has 2 N–H and O–H groups in total. The number of hydrogen-bond donors (Lipinski definition) is 2. The molecular formula is C17H15Cl2N3O4. The number of carbonyl (C=O) groups excluding carboxylic acids is 2. The van der Waals surface area contributed by atoms with Crippen LogP contribution >= 0.6 is 23.2 Å². The van der Waals surface area contributed by atoms with E-state index in [9.17, 15) is 9.59 Å². The first kappa shape index (κ1) is 19.6. The minimum atomic E-state index is -0.954. The third kappa shape index (κ3) is 5.11. The number of hydrazone groups is 1. The van der Waals surface area contributed by atoms with Crippen LogP contribution in [-0.4, -0.2) is 32.2 Å². The van der Waals surface area contributed by atoms with Gasteiger partial charge in [0, 0.05) is 16.7 Å². The minimum absolute atomic E-state index is 0.318. The Bertz CT molecular complexity index is 856. The monoisotopic (exact) mass is 395 g/mol. The van der Waals surface area contributed by atoms with Crippen LogP contribution in [0.1, 0.15) is 5.56 Å². The van der Waals surface area contributed by atoms with E-state index < -0.39 is 11.8 Å². The second-order valence-electron chi connectivity index (χ2n) is 4.89. The average molecular weight is 396 g/mol. The van der Waals surface area contributed by atoms with Crippen molar-refractivity contribution in [2.75, 3.05) is 19.5 Å². The second kappa shape index (κ2) is 9.07. The summed E-state index contributed by atoms with van der Waals surface area (Å²) in [5, 5.41) is 6.97. The molecule has 2 aromatic rings. The standard InChI is InChI=1S/C17H15Cl2N3O4/c1-25-12-5-6-14(15(8-12)26-2)21-16(23)17(24)22-20-9-10-3-4-11(18)7-13(10)19/h3-9H,1-2H3,(H,21,23)(H,22,24)/b20-9-. The van der Waals surface area contributed by atoms with Crippen molar-refractivity contribution in [3.8, 4) is 11.5 Å². The average Bonchev–Trinajstić information content (AvgIpc) is 2.63. The van der Waals surface area contributed by atoms with Crippen LogP contribution in [0, 0.1) is 0 Å². The molecule has 0 atom stereocenters. The third-order valence-electron chi connectivity index (χ3n) is 3.20. The molecule has 9 heteroatoms. The number of nitrogens with zero attached hydrogens (tertiary/aromatic N) is 1. The zero-order valence-corrected chi connectivity index (χ0v) is 15.4. The van der Waals surface area contributed by atoms with Crippen molar-refractivity contribution in [2.24, 2.45) is 5.10 Å². The quantitative estimate of drug-likeness (QED) is 0.462. The largest absolute Gasteiger partial charge is 0.497 e. The molecule has 2 aromatic carbocycles. The molecule has 0 heterocycles. The van der Waals surface area contributed by atoms with Crippen LogP contribution in [0.4, 0.5) is 5.69 Å². The minimum Gasteiger partial charge on any atom is -0.497 e. The molecule has 0 radical (unpaired) electrons. The highest BCUT2D eigenvalue weighted by atomic mass is 35.5. The fourth-order valence-corrected chi connectivity index (χ4v) is 2.36. The van der Waals surface area contributed by atoms with Crippen LogP contribution in [0.25, 0.3) is 0 Å². The summed E-state index contributed by atoms with van der Waals surface area (Å²) in [7, 11) is 2.94. The molecule has 0 fully saturated rings. The van der Waals surface area contributed by atoms with Gasteiger partial charge in [0.15, 0.2) is 0 Å². The van der Waals surface area contributed by atoms with E-state index >= 15 is 0 Å². The number of amides is 2. The highest BCUT2D eigenvalue weighted by Gasteiger charge is 2.15. The number of ether oxygens (including phenoxy) is 2. The summed E-state index contributed by atoms with van der Waals surface area (Å²) >= 11 is 11.8. The van der Waals surface area contributed by atoms with Crippen LogP contribution < -0.4 is 20.2 Å². The van der Waals surface area contributed by atoms with Gasteiger partial charge in [-0.05, 0) is 24.3 Å². The van der Waals surface area contributed by atoms with E-state index in [1.165, 1.54) is 26.5 Å². The van der Waals surface area contributed by atoms with E-state index in [1.54, 1.807) is 30.3 Å². The van der Waals surface area contributed by atoms with E-state index in [0.29, 0.717) is 32.8 Å². The highest BCUT2D eigenvalue weighted by molar-refractivity contribution is 6.40. The van der Waals surface area contributed by atoms with Gasteiger partial charge in [0.25, 0.3) is 0 Å². The number of carbonyl (C=O) groups is 2. The molecule has 2 rings (SSSR count). The van der Waals surface area contributed by atoms with E-state index in [1.807, 2.05) is 0 Å². The summed E-state index contributed by atoms with van der Waals surface area (Å²) in [4.78, 5) is 23.8. The van der Waals surface area contributed by atoms with Crippen molar-refractivity contribution in [1.29, 1.82) is 0 Å². The lowest BCUT2D eigenvalue weighted by molar-refractivity contribution is -0.136. The van der Waals surface area contributed by atoms with E-state index in [2.05, 4.69) is 15.8 Å². The van der Waals surface area contributed by atoms with Gasteiger partial charge in [-0.1, -0.05) is 29.3 Å². The van der Waals surface area contributed by atoms with Crippen LogP contribution in [0.3, 0.4) is 0 Å². The maximum Gasteiger partial charge on any atom is 0.329 e. The van der Waals surface area contributed by atoms with Gasteiger partial charge in [-0.3, -0.25) is 9.59 Å². The Morgan fingerprint density at radius 1 is 1.04 bits per heavy atom. The highest BCUT2D eigenvalue weighted by Crippen LogP contribution is 2.28. The third-order valence-corrected chi connectivity index (χ3v) is 3.76. The molecule has 26 heavy (non-hydrogen) atoms. The SMILES string of the molecule is COc1ccc(NC(=O)C(=O)N/N=C\c2ccc(Cl)cc2Cl)c(OC)c1. The van der Waals surface area contributed by atoms with Crippen LogP contribution in [0.5, 0.6) is 11.5 Å². The predicted octanol–water partition coefficient (Wildman–Crippen LogP) is 3.10. The molecule has 2 amide bonds. The number of nitrogens with one attached hydrogen (secondary N) is 2. The van der Waals surface area contributed by atoms with Crippen molar-refractivity contribution in [3.05, 3.63) is 52.0 Å². The molecule has 0 saturated carbocycles. The number of anilines is 1. The summed E-state index contributed by atoms with van der Waals surface area (Å²) in [5.74, 6) is -0.965. The Balaban J connectivity index is 1.99. The Morgan fingerprint density at radius 2 is 1.81 bits per heavy atom. The van der Waals surface area contributed by atoms with Gasteiger partial charge >= 0.3 is 11.8 Å². The van der Waals surface area contributed by atoms with Crippen molar-refractivity contribution < 1.29 is 19.1 Å². The van der Waals surface area contributed by atoms with E-state index in [-0.39, 0.29) is 0 Å². The molecule has 0 bridgehead atoms. The predicted molar refractivity (Wildman–Crippen MR) is 100 cm³/mol. The molecule has 136 valence electrons. The Labute approximate surface area is 159 Å². The molecule has 7 nitrogen and oxygen atoms in total. The molecule has 0 aromatic heterocycles. The lowest BCUT2D eigenvalue weighted by Gasteiger charge is -2.10. The number of benzene rings is 2. The van der Waals surface area contributed by atoms with Gasteiger partial charge in [-0.25, -0.2) is 5.43 Å². The lowest BCUT2D eigenvalue weighted by Crippen LogP contribution is -2.32. The Hall–Kier alpha value is -2.77. The number of hydrogen-bond acceptors (Lipinski definition) is 5. The van der Waals surface area contributed by atoms with Gasteiger partial charge in [-0.15, -0.1) is 0 Å². The molecule has 0 unspecified atom stereocenters. The first-order valence-electron chi connectivity index (χ1n) is 7.26. The fraction of sp³-hybridized carbons (Fsp3) is 0.118. The molecule has 0 spiro atoms. The molecular weight excluding hydrogens is 381 g/mol. The Morgan fingerprint density at radius 3 is 2.46 bits per heavy atom. The zero-order chi connectivity index (χ0) is 19.1. The van der Waals surface area contributed by atoms with Crippen LogP contribution in [-0.2, 0) is 9.59 Å². The first-order valence-corrected chi connectivity index (χ1v) is 8.01. The van der Waals surface area contributed by atoms with Crippen molar-refractivity contribution in [1.82, 2.24) is 5.43 Å². The molecule has 0 aliphatic heterocycles. The van der Waals surface area contributed by atoms with E-state index in [0.717, 1.165) is 0 Å². The smallest absolute Gasteiger partial charge is 0.329 e. The molecule has 0 saturated heterocycles. The topological polar surface area (TPSA) is 89.0 Å². The van der Waals surface area contributed by atoms with Crippen molar-refractivity contribution >= 4 is 46.9 Å². The zero-order valence-electron chi connectivity index (χ0n) is 13.9. The normalized spacial score (nSPS) is 10.5. The van der Waals surface area contributed by atoms with Crippen LogP contribution in [0.2, 0.25) is 10.0 Å². The summed E-state index contributed by atoms with van der Waals surface area (Å²) in [6.07, 6.45) is 1.30. The summed E-state index contributed by atoms with van der Waals surface area (Å²) in [5.41, 5.74) is 2.97. The molecule has 0 aliphatic carbocycles. The van der Waals surface area contributed by atoms with Gasteiger partial charge in [-0.2, -0.15) is 5.10 Å². The van der Waals surface area contributed by atoms with Crippen molar-refractivity contribution in [2.45, 2.75) is 0 Å². The number of halogens is 2. The molecule has 0 aliphatic rings. The van der Waals surface area contributed by atoms with Crippen LogP contribution in [0.15, 0.2) is 41.5 Å². The fourth-order valence-electron chi connectivity index (χ4n) is 1.90. The number of rotatable bonds is 5. The van der Waals surface area contributed by atoms with E-state index in [4.69, 9.17) is 32.7 Å². The van der Waals surface area contributed by atoms with Gasteiger partial charge < -0.3 is 14.8 Å². The number of methoxy groups -OCH3 is 2. The summed E-state index contributed by atoms with van der Waals surface area (Å²) in [6.45, 7) is 0. The van der Waals surface area contributed by atoms with Gasteiger partial charge in [0.05, 0.1) is 31.1 Å². The second-order valence-corrected chi connectivity index (χ2v) is 5.73. The van der Waals surface area contributed by atoms with Gasteiger partial charge in [0.2, 0.25) is 0 Å².